The van der Waals surface area contributed by atoms with E-state index in [-0.39, 0.29) is 0 Å². The summed E-state index contributed by atoms with van der Waals surface area (Å²) in [6.45, 7) is 1.86. The highest BCUT2D eigenvalue weighted by Crippen LogP contribution is 2.19. The highest BCUT2D eigenvalue weighted by Gasteiger charge is 2.12. The molecule has 2 aromatic rings. The van der Waals surface area contributed by atoms with Gasteiger partial charge < -0.3 is 9.52 Å². The van der Waals surface area contributed by atoms with Gasteiger partial charge in [-0.1, -0.05) is 0 Å². The van der Waals surface area contributed by atoms with Gasteiger partial charge in [0.25, 0.3) is 0 Å². The third-order valence-corrected chi connectivity index (χ3v) is 2.31. The molecule has 0 aliphatic carbocycles. The van der Waals surface area contributed by atoms with Gasteiger partial charge in [0.2, 0.25) is 0 Å². The molecule has 4 nitrogen and oxygen atoms in total. The van der Waals surface area contributed by atoms with Gasteiger partial charge in [-0.3, -0.25) is 4.68 Å². The predicted molar refractivity (Wildman–Crippen MR) is 55.3 cm³/mol. The fourth-order valence-electron chi connectivity index (χ4n) is 1.53. The summed E-state index contributed by atoms with van der Waals surface area (Å²) in [5.41, 5.74) is 1.68. The maximum absolute atomic E-state index is 9.89. The van der Waals surface area contributed by atoms with Crippen molar-refractivity contribution in [2.75, 3.05) is 0 Å². The van der Waals surface area contributed by atoms with Crippen molar-refractivity contribution in [3.8, 4) is 0 Å². The molecule has 0 amide bonds. The Labute approximate surface area is 88.1 Å². The van der Waals surface area contributed by atoms with Crippen LogP contribution in [0.2, 0.25) is 0 Å². The topological polar surface area (TPSA) is 51.2 Å². The molecule has 0 spiro atoms. The lowest BCUT2D eigenvalue weighted by molar-refractivity contribution is 0.176. The molecule has 0 bridgehead atoms. The van der Waals surface area contributed by atoms with E-state index in [2.05, 4.69) is 5.10 Å². The predicted octanol–water partition coefficient (Wildman–Crippen LogP) is 1.60. The lowest BCUT2D eigenvalue weighted by Crippen LogP contribution is -2.01. The minimum Gasteiger partial charge on any atom is -0.469 e. The van der Waals surface area contributed by atoms with Crippen molar-refractivity contribution < 1.29 is 9.52 Å². The van der Waals surface area contributed by atoms with E-state index < -0.39 is 6.10 Å². The zero-order chi connectivity index (χ0) is 10.8. The second-order valence-corrected chi connectivity index (χ2v) is 3.69. The molecule has 1 N–H and O–H groups in total. The molecule has 2 rings (SSSR count). The van der Waals surface area contributed by atoms with Crippen LogP contribution in [-0.4, -0.2) is 14.9 Å². The molecule has 0 saturated heterocycles. The zero-order valence-corrected chi connectivity index (χ0v) is 8.84. The van der Waals surface area contributed by atoms with Crippen molar-refractivity contribution in [2.24, 2.45) is 7.05 Å². The van der Waals surface area contributed by atoms with E-state index in [1.807, 2.05) is 32.3 Å². The van der Waals surface area contributed by atoms with Gasteiger partial charge in [-0.15, -0.1) is 0 Å². The first-order chi connectivity index (χ1) is 7.15. The van der Waals surface area contributed by atoms with Crippen molar-refractivity contribution in [3.05, 3.63) is 41.6 Å². The van der Waals surface area contributed by atoms with Crippen LogP contribution in [0.3, 0.4) is 0 Å². The van der Waals surface area contributed by atoms with Crippen molar-refractivity contribution in [3.63, 3.8) is 0 Å². The number of aromatic nitrogens is 2. The van der Waals surface area contributed by atoms with E-state index in [1.165, 1.54) is 0 Å². The number of aliphatic hydroxyl groups excluding tert-OH is 1. The SMILES string of the molecule is Cc1cc(C(O)Cc2ccn(C)n2)co1. The van der Waals surface area contributed by atoms with Crippen LogP contribution in [0.5, 0.6) is 0 Å². The van der Waals surface area contributed by atoms with Crippen LogP contribution >= 0.6 is 0 Å². The Kier molecular flexibility index (Phi) is 2.60. The lowest BCUT2D eigenvalue weighted by atomic mass is 10.1. The smallest absolute Gasteiger partial charge is 0.101 e. The lowest BCUT2D eigenvalue weighted by Gasteiger charge is -2.04. The van der Waals surface area contributed by atoms with Gasteiger partial charge in [-0.2, -0.15) is 5.10 Å². The summed E-state index contributed by atoms with van der Waals surface area (Å²) in [6, 6.07) is 3.74. The summed E-state index contributed by atoms with van der Waals surface area (Å²) in [5.74, 6) is 0.810. The first kappa shape index (κ1) is 9.98. The Morgan fingerprint density at radius 2 is 2.40 bits per heavy atom. The third kappa shape index (κ3) is 2.27. The fraction of sp³-hybridized carbons (Fsp3) is 0.364. The van der Waals surface area contributed by atoms with Gasteiger partial charge in [0, 0.05) is 25.2 Å². The van der Waals surface area contributed by atoms with Gasteiger partial charge in [-0.25, -0.2) is 0 Å². The standard InChI is InChI=1S/C11H14N2O2/c1-8-5-9(7-15-8)11(14)6-10-3-4-13(2)12-10/h3-5,7,11,14H,6H2,1-2H3. The first-order valence-corrected chi connectivity index (χ1v) is 4.87. The fourth-order valence-corrected chi connectivity index (χ4v) is 1.53. The molecule has 0 aromatic carbocycles. The molecule has 80 valence electrons. The number of aryl methyl sites for hydroxylation is 2. The largest absolute Gasteiger partial charge is 0.469 e. The summed E-state index contributed by atoms with van der Waals surface area (Å²) in [7, 11) is 1.86. The van der Waals surface area contributed by atoms with Crippen LogP contribution in [0.15, 0.2) is 29.0 Å². The minimum atomic E-state index is -0.544. The monoisotopic (exact) mass is 206 g/mol. The molecular weight excluding hydrogens is 192 g/mol. The molecule has 0 aliphatic rings. The summed E-state index contributed by atoms with van der Waals surface area (Å²) < 4.78 is 6.87. The highest BCUT2D eigenvalue weighted by atomic mass is 16.3. The van der Waals surface area contributed by atoms with Crippen LogP contribution in [0, 0.1) is 6.92 Å². The first-order valence-electron chi connectivity index (χ1n) is 4.87. The molecule has 0 saturated carbocycles. The molecule has 0 radical (unpaired) electrons. The van der Waals surface area contributed by atoms with E-state index in [1.54, 1.807) is 10.9 Å². The Morgan fingerprint density at radius 3 is 2.93 bits per heavy atom. The van der Waals surface area contributed by atoms with Crippen LogP contribution in [0.4, 0.5) is 0 Å². The summed E-state index contributed by atoms with van der Waals surface area (Å²) in [5, 5.41) is 14.1. The quantitative estimate of drug-likeness (QED) is 0.829. The maximum Gasteiger partial charge on any atom is 0.101 e. The zero-order valence-electron chi connectivity index (χ0n) is 8.84. The maximum atomic E-state index is 9.89. The molecule has 15 heavy (non-hydrogen) atoms. The van der Waals surface area contributed by atoms with Gasteiger partial charge in [0.1, 0.15) is 5.76 Å². The number of rotatable bonds is 3. The average Bonchev–Trinajstić information content (AvgIpc) is 2.75. The summed E-state index contributed by atoms with van der Waals surface area (Å²) in [6.07, 6.45) is 3.42. The normalized spacial score (nSPS) is 13.0. The molecule has 0 fully saturated rings. The molecule has 0 aliphatic heterocycles. The molecule has 1 unspecified atom stereocenters. The van der Waals surface area contributed by atoms with Crippen molar-refractivity contribution >= 4 is 0 Å². The molecule has 2 heterocycles. The number of furan rings is 1. The van der Waals surface area contributed by atoms with Gasteiger partial charge in [0.15, 0.2) is 0 Å². The minimum absolute atomic E-state index is 0.514. The molecule has 2 aromatic heterocycles. The van der Waals surface area contributed by atoms with Crippen LogP contribution in [-0.2, 0) is 13.5 Å². The van der Waals surface area contributed by atoms with E-state index in [0.717, 1.165) is 17.0 Å². The summed E-state index contributed by atoms with van der Waals surface area (Å²) in [4.78, 5) is 0. The van der Waals surface area contributed by atoms with Crippen molar-refractivity contribution in [2.45, 2.75) is 19.4 Å². The number of aliphatic hydroxyl groups is 1. The molecular formula is C11H14N2O2. The Morgan fingerprint density at radius 1 is 1.60 bits per heavy atom. The number of nitrogens with zero attached hydrogens (tertiary/aromatic N) is 2. The Bertz CT molecular complexity index is 445. The van der Waals surface area contributed by atoms with E-state index in [4.69, 9.17) is 4.42 Å². The van der Waals surface area contributed by atoms with Gasteiger partial charge in [-0.05, 0) is 19.1 Å². The summed E-state index contributed by atoms with van der Waals surface area (Å²) >= 11 is 0. The highest BCUT2D eigenvalue weighted by molar-refractivity contribution is 5.16. The number of hydrogen-bond acceptors (Lipinski definition) is 3. The van der Waals surface area contributed by atoms with Crippen LogP contribution in [0.1, 0.15) is 23.1 Å². The number of hydrogen-bond donors (Lipinski definition) is 1. The second-order valence-electron chi connectivity index (χ2n) is 3.69. The van der Waals surface area contributed by atoms with Crippen LogP contribution < -0.4 is 0 Å². The van der Waals surface area contributed by atoms with Gasteiger partial charge in [0.05, 0.1) is 18.1 Å². The van der Waals surface area contributed by atoms with E-state index >= 15 is 0 Å². The van der Waals surface area contributed by atoms with Gasteiger partial charge >= 0.3 is 0 Å². The third-order valence-electron chi connectivity index (χ3n) is 2.31. The van der Waals surface area contributed by atoms with Crippen molar-refractivity contribution in [1.82, 2.24) is 9.78 Å². The van der Waals surface area contributed by atoms with Crippen LogP contribution in [0.25, 0.3) is 0 Å². The molecule has 1 atom stereocenters. The Balaban J connectivity index is 2.06. The average molecular weight is 206 g/mol. The van der Waals surface area contributed by atoms with E-state index in [0.29, 0.717) is 6.42 Å². The van der Waals surface area contributed by atoms with Crippen molar-refractivity contribution in [1.29, 1.82) is 0 Å². The Hall–Kier alpha value is -1.55. The van der Waals surface area contributed by atoms with E-state index in [9.17, 15) is 5.11 Å². The molecule has 4 heteroatoms. The second kappa shape index (κ2) is 3.90.